The van der Waals surface area contributed by atoms with E-state index < -0.39 is 0 Å². The number of guanidine groups is 1. The van der Waals surface area contributed by atoms with Gasteiger partial charge in [0, 0.05) is 22.4 Å². The van der Waals surface area contributed by atoms with Gasteiger partial charge >= 0.3 is 0 Å². The van der Waals surface area contributed by atoms with Crippen LogP contribution in [0, 0.1) is 0 Å². The molecule has 0 aliphatic rings. The monoisotopic (exact) mass is 470 g/mol. The van der Waals surface area contributed by atoms with Crippen molar-refractivity contribution in [2.75, 3.05) is 6.54 Å². The maximum atomic E-state index is 5.90. The molecule has 0 spiro atoms. The number of rotatable bonds is 6. The van der Waals surface area contributed by atoms with Crippen LogP contribution >= 0.6 is 46.7 Å². The fourth-order valence-electron chi connectivity index (χ4n) is 2.10. The molecule has 2 aromatic heterocycles. The topological polar surface area (TPSA) is 63.3 Å². The summed E-state index contributed by atoms with van der Waals surface area (Å²) in [6, 6.07) is 14.3. The van der Waals surface area contributed by atoms with Crippen LogP contribution in [-0.4, -0.2) is 17.5 Å². The molecule has 4 nitrogen and oxygen atoms in total. The molecule has 0 radical (unpaired) electrons. The lowest BCUT2D eigenvalue weighted by Gasteiger charge is -2.03. The molecule has 126 valence electrons. The minimum Gasteiger partial charge on any atom is -0.370 e. The summed E-state index contributed by atoms with van der Waals surface area (Å²) < 4.78 is 0. The van der Waals surface area contributed by atoms with Crippen molar-refractivity contribution in [3.05, 3.63) is 63.1 Å². The lowest BCUT2D eigenvalue weighted by atomic mass is 10.2. The lowest BCUT2D eigenvalue weighted by Crippen LogP contribution is -2.33. The van der Waals surface area contributed by atoms with Crippen LogP contribution in [0.1, 0.15) is 9.88 Å². The van der Waals surface area contributed by atoms with E-state index in [-0.39, 0.29) is 24.0 Å². The predicted molar refractivity (Wildman–Crippen MR) is 114 cm³/mol. The van der Waals surface area contributed by atoms with Crippen molar-refractivity contribution in [1.29, 1.82) is 0 Å². The molecule has 3 aromatic rings. The van der Waals surface area contributed by atoms with Crippen molar-refractivity contribution in [2.24, 2.45) is 10.7 Å². The number of thiophene rings is 1. The molecule has 2 heterocycles. The molecule has 24 heavy (non-hydrogen) atoms. The SMILES string of the molecule is I.NC(=NCc1nc(-c2ccccc2)cs1)NCCc1cccs1. The molecular weight excluding hydrogens is 451 g/mol. The Bertz CT molecular complexity index is 754. The molecule has 3 N–H and O–H groups in total. The van der Waals surface area contributed by atoms with Crippen molar-refractivity contribution >= 4 is 52.6 Å². The van der Waals surface area contributed by atoms with Crippen LogP contribution in [0.25, 0.3) is 11.3 Å². The number of benzene rings is 1. The van der Waals surface area contributed by atoms with Crippen LogP contribution in [-0.2, 0) is 13.0 Å². The van der Waals surface area contributed by atoms with Gasteiger partial charge in [-0.15, -0.1) is 46.7 Å². The zero-order valence-electron chi connectivity index (χ0n) is 13.0. The molecule has 0 aliphatic heterocycles. The normalized spacial score (nSPS) is 11.1. The lowest BCUT2D eigenvalue weighted by molar-refractivity contribution is 0.856. The fourth-order valence-corrected chi connectivity index (χ4v) is 3.54. The van der Waals surface area contributed by atoms with Crippen LogP contribution in [0.15, 0.2) is 58.2 Å². The summed E-state index contributed by atoms with van der Waals surface area (Å²) in [6.07, 6.45) is 0.962. The van der Waals surface area contributed by atoms with Gasteiger partial charge in [-0.2, -0.15) is 0 Å². The number of halogens is 1. The molecule has 0 unspecified atom stereocenters. The van der Waals surface area contributed by atoms with Gasteiger partial charge in [0.2, 0.25) is 0 Å². The van der Waals surface area contributed by atoms with Crippen LogP contribution in [0.4, 0.5) is 0 Å². The first kappa shape index (κ1) is 18.9. The van der Waals surface area contributed by atoms with Gasteiger partial charge in [0.25, 0.3) is 0 Å². The largest absolute Gasteiger partial charge is 0.370 e. The number of nitrogens with zero attached hydrogens (tertiary/aromatic N) is 2. The van der Waals surface area contributed by atoms with Crippen molar-refractivity contribution < 1.29 is 0 Å². The third kappa shape index (κ3) is 5.57. The summed E-state index contributed by atoms with van der Waals surface area (Å²) in [5.41, 5.74) is 8.01. The Kier molecular flexibility index (Phi) is 7.67. The van der Waals surface area contributed by atoms with E-state index in [4.69, 9.17) is 5.73 Å². The maximum absolute atomic E-state index is 5.90. The first-order valence-corrected chi connectivity index (χ1v) is 9.13. The van der Waals surface area contributed by atoms with E-state index in [1.807, 2.05) is 18.2 Å². The Morgan fingerprint density at radius 2 is 1.96 bits per heavy atom. The average molecular weight is 470 g/mol. The fraction of sp³-hybridized carbons (Fsp3) is 0.176. The van der Waals surface area contributed by atoms with E-state index in [1.54, 1.807) is 22.7 Å². The summed E-state index contributed by atoms with van der Waals surface area (Å²) in [5, 5.41) is 8.24. The molecule has 0 fully saturated rings. The molecule has 0 saturated heterocycles. The molecule has 3 rings (SSSR count). The highest BCUT2D eigenvalue weighted by Crippen LogP contribution is 2.21. The smallest absolute Gasteiger partial charge is 0.189 e. The maximum Gasteiger partial charge on any atom is 0.189 e. The standard InChI is InChI=1S/C17H18N4S2.HI/c18-17(19-9-8-14-7-4-10-22-14)20-11-16-21-15(12-23-16)13-5-2-1-3-6-13;/h1-7,10,12H,8-9,11H2,(H3,18,19,20);1H. The van der Waals surface area contributed by atoms with E-state index >= 15 is 0 Å². The third-order valence-electron chi connectivity index (χ3n) is 3.26. The van der Waals surface area contributed by atoms with E-state index in [2.05, 4.69) is 50.3 Å². The zero-order chi connectivity index (χ0) is 15.9. The molecule has 0 bridgehead atoms. The summed E-state index contributed by atoms with van der Waals surface area (Å²) >= 11 is 3.36. The van der Waals surface area contributed by atoms with Gasteiger partial charge in [0.05, 0.1) is 12.2 Å². The van der Waals surface area contributed by atoms with Gasteiger partial charge in [-0.25, -0.2) is 9.98 Å². The van der Waals surface area contributed by atoms with E-state index in [0.717, 1.165) is 29.2 Å². The van der Waals surface area contributed by atoms with Crippen molar-refractivity contribution in [3.63, 3.8) is 0 Å². The number of thiazole rings is 1. The number of aromatic nitrogens is 1. The summed E-state index contributed by atoms with van der Waals surface area (Å²) in [7, 11) is 0. The van der Waals surface area contributed by atoms with Crippen LogP contribution < -0.4 is 11.1 Å². The minimum atomic E-state index is 0. The van der Waals surface area contributed by atoms with Gasteiger partial charge in [-0.1, -0.05) is 36.4 Å². The van der Waals surface area contributed by atoms with E-state index in [0.29, 0.717) is 12.5 Å². The number of aliphatic imine (C=N–C) groups is 1. The van der Waals surface area contributed by atoms with Crippen molar-refractivity contribution in [3.8, 4) is 11.3 Å². The number of hydrogen-bond donors (Lipinski definition) is 2. The quantitative estimate of drug-likeness (QED) is 0.324. The Labute approximate surface area is 166 Å². The highest BCUT2D eigenvalue weighted by Gasteiger charge is 2.03. The van der Waals surface area contributed by atoms with Crippen molar-refractivity contribution in [2.45, 2.75) is 13.0 Å². The molecule has 7 heteroatoms. The summed E-state index contributed by atoms with van der Waals surface area (Å²) in [4.78, 5) is 10.3. The minimum absolute atomic E-state index is 0. The van der Waals surface area contributed by atoms with Gasteiger partial charge in [0.15, 0.2) is 5.96 Å². The second-order valence-corrected chi connectivity index (χ2v) is 6.93. The average Bonchev–Trinajstić information content (AvgIpc) is 3.25. The Hall–Kier alpha value is -1.45. The van der Waals surface area contributed by atoms with Gasteiger partial charge in [-0.05, 0) is 17.9 Å². The van der Waals surface area contributed by atoms with Gasteiger partial charge in [0.1, 0.15) is 5.01 Å². The van der Waals surface area contributed by atoms with E-state index in [1.165, 1.54) is 4.88 Å². The summed E-state index contributed by atoms with van der Waals surface area (Å²) in [5.74, 6) is 0.470. The number of nitrogens with one attached hydrogen (secondary N) is 1. The number of hydrogen-bond acceptors (Lipinski definition) is 4. The highest BCUT2D eigenvalue weighted by molar-refractivity contribution is 14.0. The van der Waals surface area contributed by atoms with Crippen LogP contribution in [0.5, 0.6) is 0 Å². The molecule has 0 aliphatic carbocycles. The van der Waals surface area contributed by atoms with Crippen LogP contribution in [0.2, 0.25) is 0 Å². The molecule has 0 atom stereocenters. The Balaban J connectivity index is 0.00000208. The predicted octanol–water partition coefficient (Wildman–Crippen LogP) is 4.14. The van der Waals surface area contributed by atoms with Crippen LogP contribution in [0.3, 0.4) is 0 Å². The zero-order valence-corrected chi connectivity index (χ0v) is 17.0. The molecular formula is C17H19IN4S2. The first-order chi connectivity index (χ1) is 11.3. The molecule has 0 amide bonds. The first-order valence-electron chi connectivity index (χ1n) is 7.37. The molecule has 1 aromatic carbocycles. The third-order valence-corrected chi connectivity index (χ3v) is 5.03. The number of nitrogens with two attached hydrogens (primary N) is 1. The highest BCUT2D eigenvalue weighted by atomic mass is 127. The Morgan fingerprint density at radius 1 is 1.12 bits per heavy atom. The Morgan fingerprint density at radius 3 is 2.71 bits per heavy atom. The second-order valence-electron chi connectivity index (χ2n) is 4.95. The molecule has 0 saturated carbocycles. The van der Waals surface area contributed by atoms with Crippen molar-refractivity contribution in [1.82, 2.24) is 10.3 Å². The summed E-state index contributed by atoms with van der Waals surface area (Å²) in [6.45, 7) is 1.30. The van der Waals surface area contributed by atoms with Gasteiger partial charge < -0.3 is 11.1 Å². The van der Waals surface area contributed by atoms with E-state index in [9.17, 15) is 0 Å². The van der Waals surface area contributed by atoms with Gasteiger partial charge in [-0.3, -0.25) is 0 Å². The second kappa shape index (κ2) is 9.75.